The van der Waals surface area contributed by atoms with Gasteiger partial charge in [0.15, 0.2) is 0 Å². The van der Waals surface area contributed by atoms with Crippen molar-refractivity contribution < 1.29 is 9.59 Å². The van der Waals surface area contributed by atoms with Crippen molar-refractivity contribution in [3.63, 3.8) is 0 Å². The average Bonchev–Trinajstić information content (AvgIpc) is 2.62. The van der Waals surface area contributed by atoms with Crippen LogP contribution in [0.3, 0.4) is 0 Å². The second kappa shape index (κ2) is 9.84. The second-order valence-corrected chi connectivity index (χ2v) is 6.26. The maximum atomic E-state index is 12.2. The summed E-state index contributed by atoms with van der Waals surface area (Å²) in [6, 6.07) is 14.3. The van der Waals surface area contributed by atoms with Crippen LogP contribution in [0.4, 0.5) is 0 Å². The summed E-state index contributed by atoms with van der Waals surface area (Å²) < 4.78 is 0. The number of carbonyl (C=O) groups excluding carboxylic acids is 2. The lowest BCUT2D eigenvalue weighted by Crippen LogP contribution is -2.26. The summed E-state index contributed by atoms with van der Waals surface area (Å²) in [7, 11) is 0. The van der Waals surface area contributed by atoms with Gasteiger partial charge in [0.2, 0.25) is 0 Å². The van der Waals surface area contributed by atoms with E-state index in [1.165, 1.54) is 0 Å². The summed E-state index contributed by atoms with van der Waals surface area (Å²) in [4.78, 5) is 24.1. The first-order valence-corrected chi connectivity index (χ1v) is 8.89. The molecule has 5 heteroatoms. The van der Waals surface area contributed by atoms with Crippen LogP contribution in [0, 0.1) is 0 Å². The van der Waals surface area contributed by atoms with Crippen molar-refractivity contribution in [2.24, 2.45) is 0 Å². The number of halogens is 1. The summed E-state index contributed by atoms with van der Waals surface area (Å²) in [5, 5.41) is 6.42. The summed E-state index contributed by atoms with van der Waals surface area (Å²) in [6.45, 7) is 3.27. The van der Waals surface area contributed by atoms with Crippen molar-refractivity contribution in [3.8, 4) is 0 Å². The van der Waals surface area contributed by atoms with Crippen LogP contribution in [0.15, 0.2) is 48.5 Å². The first-order chi connectivity index (χ1) is 12.1. The van der Waals surface area contributed by atoms with E-state index in [9.17, 15) is 9.59 Å². The number of nitrogens with one attached hydrogen (secondary N) is 2. The van der Waals surface area contributed by atoms with Gasteiger partial charge in [0.25, 0.3) is 11.8 Å². The number of hydrogen-bond donors (Lipinski definition) is 2. The molecule has 0 aromatic heterocycles. The average molecular weight is 359 g/mol. The lowest BCUT2D eigenvalue weighted by Gasteiger charge is -2.07. The summed E-state index contributed by atoms with van der Waals surface area (Å²) >= 11 is 5.94. The maximum Gasteiger partial charge on any atom is 0.251 e. The summed E-state index contributed by atoms with van der Waals surface area (Å²) in [5.41, 5.74) is 2.18. The third-order valence-electron chi connectivity index (χ3n) is 3.81. The highest BCUT2D eigenvalue weighted by molar-refractivity contribution is 6.30. The fourth-order valence-electron chi connectivity index (χ4n) is 2.37. The molecule has 0 saturated heterocycles. The zero-order valence-corrected chi connectivity index (χ0v) is 15.1. The van der Waals surface area contributed by atoms with E-state index in [0.717, 1.165) is 18.4 Å². The SMILES string of the molecule is CCCCNC(=O)c1ccc(C(=O)NCCc2cccc(Cl)c2)cc1. The van der Waals surface area contributed by atoms with E-state index in [4.69, 9.17) is 11.6 Å². The van der Waals surface area contributed by atoms with Gasteiger partial charge in [0, 0.05) is 29.2 Å². The highest BCUT2D eigenvalue weighted by Gasteiger charge is 2.08. The van der Waals surface area contributed by atoms with E-state index in [-0.39, 0.29) is 11.8 Å². The molecule has 25 heavy (non-hydrogen) atoms. The molecule has 4 nitrogen and oxygen atoms in total. The van der Waals surface area contributed by atoms with Crippen LogP contribution in [0.1, 0.15) is 46.0 Å². The first-order valence-electron chi connectivity index (χ1n) is 8.51. The van der Waals surface area contributed by atoms with Crippen LogP contribution in [-0.2, 0) is 6.42 Å². The molecular formula is C20H23ClN2O2. The molecular weight excluding hydrogens is 336 g/mol. The molecule has 2 aromatic rings. The zero-order chi connectivity index (χ0) is 18.1. The van der Waals surface area contributed by atoms with Gasteiger partial charge in [-0.3, -0.25) is 9.59 Å². The molecule has 0 fully saturated rings. The van der Waals surface area contributed by atoms with Crippen molar-refractivity contribution in [3.05, 3.63) is 70.2 Å². The van der Waals surface area contributed by atoms with Gasteiger partial charge >= 0.3 is 0 Å². The number of hydrogen-bond acceptors (Lipinski definition) is 2. The lowest BCUT2D eigenvalue weighted by molar-refractivity contribution is 0.0941. The Hall–Kier alpha value is -2.33. The van der Waals surface area contributed by atoms with Crippen molar-refractivity contribution in [1.29, 1.82) is 0 Å². The molecule has 0 atom stereocenters. The van der Waals surface area contributed by atoms with Gasteiger partial charge in [-0.25, -0.2) is 0 Å². The Labute approximate surface area is 153 Å². The molecule has 0 unspecified atom stereocenters. The number of rotatable bonds is 8. The van der Waals surface area contributed by atoms with Crippen LogP contribution in [0.2, 0.25) is 5.02 Å². The Bertz CT molecular complexity index is 714. The van der Waals surface area contributed by atoms with E-state index in [0.29, 0.717) is 35.7 Å². The number of carbonyl (C=O) groups is 2. The van der Waals surface area contributed by atoms with Gasteiger partial charge in [0.05, 0.1) is 0 Å². The Morgan fingerprint density at radius 2 is 1.52 bits per heavy atom. The molecule has 2 rings (SSSR count). The van der Waals surface area contributed by atoms with E-state index < -0.39 is 0 Å². The third-order valence-corrected chi connectivity index (χ3v) is 4.05. The van der Waals surface area contributed by atoms with Crippen LogP contribution in [-0.4, -0.2) is 24.9 Å². The summed E-state index contributed by atoms with van der Waals surface area (Å²) in [5.74, 6) is -0.263. The van der Waals surface area contributed by atoms with E-state index in [1.54, 1.807) is 24.3 Å². The van der Waals surface area contributed by atoms with Crippen LogP contribution in [0.5, 0.6) is 0 Å². The monoisotopic (exact) mass is 358 g/mol. The standard InChI is InChI=1S/C20H23ClN2O2/c1-2-3-12-22-19(24)16-7-9-17(10-8-16)20(25)23-13-11-15-5-4-6-18(21)14-15/h4-10,14H,2-3,11-13H2,1H3,(H,22,24)(H,23,25). The Balaban J connectivity index is 1.82. The quantitative estimate of drug-likeness (QED) is 0.704. The predicted octanol–water partition coefficient (Wildman–Crippen LogP) is 3.84. The molecule has 2 amide bonds. The minimum absolute atomic E-state index is 0.110. The van der Waals surface area contributed by atoms with Gasteiger partial charge in [-0.2, -0.15) is 0 Å². The molecule has 0 bridgehead atoms. The minimum atomic E-state index is -0.153. The van der Waals surface area contributed by atoms with E-state index in [2.05, 4.69) is 17.6 Å². The summed E-state index contributed by atoms with van der Waals surface area (Å²) in [6.07, 6.45) is 2.71. The molecule has 0 aliphatic heterocycles. The fraction of sp³-hybridized carbons (Fsp3) is 0.300. The van der Waals surface area contributed by atoms with Gasteiger partial charge in [-0.05, 0) is 54.8 Å². The second-order valence-electron chi connectivity index (χ2n) is 5.82. The topological polar surface area (TPSA) is 58.2 Å². The van der Waals surface area contributed by atoms with Crippen LogP contribution < -0.4 is 10.6 Å². The van der Waals surface area contributed by atoms with Crippen molar-refractivity contribution in [1.82, 2.24) is 10.6 Å². The van der Waals surface area contributed by atoms with Crippen LogP contribution >= 0.6 is 11.6 Å². The molecule has 0 heterocycles. The Kier molecular flexibility index (Phi) is 7.48. The molecule has 0 aliphatic rings. The normalized spacial score (nSPS) is 10.3. The Morgan fingerprint density at radius 3 is 2.08 bits per heavy atom. The Morgan fingerprint density at radius 1 is 0.920 bits per heavy atom. The van der Waals surface area contributed by atoms with Gasteiger partial charge in [-0.1, -0.05) is 37.1 Å². The van der Waals surface area contributed by atoms with Crippen molar-refractivity contribution >= 4 is 23.4 Å². The van der Waals surface area contributed by atoms with Gasteiger partial charge < -0.3 is 10.6 Å². The molecule has 0 radical (unpaired) electrons. The predicted molar refractivity (Wildman–Crippen MR) is 101 cm³/mol. The number of benzene rings is 2. The highest BCUT2D eigenvalue weighted by atomic mass is 35.5. The molecule has 0 spiro atoms. The molecule has 132 valence electrons. The zero-order valence-electron chi connectivity index (χ0n) is 14.3. The fourth-order valence-corrected chi connectivity index (χ4v) is 2.58. The maximum absolute atomic E-state index is 12.2. The van der Waals surface area contributed by atoms with Gasteiger partial charge in [0.1, 0.15) is 0 Å². The smallest absolute Gasteiger partial charge is 0.251 e. The molecule has 2 N–H and O–H groups in total. The molecule has 2 aromatic carbocycles. The minimum Gasteiger partial charge on any atom is -0.352 e. The third kappa shape index (κ3) is 6.24. The lowest BCUT2D eigenvalue weighted by atomic mass is 10.1. The first kappa shape index (κ1) is 19.0. The van der Waals surface area contributed by atoms with E-state index in [1.807, 2.05) is 24.3 Å². The highest BCUT2D eigenvalue weighted by Crippen LogP contribution is 2.11. The molecule has 0 aliphatic carbocycles. The van der Waals surface area contributed by atoms with Gasteiger partial charge in [-0.15, -0.1) is 0 Å². The largest absolute Gasteiger partial charge is 0.352 e. The van der Waals surface area contributed by atoms with Crippen molar-refractivity contribution in [2.75, 3.05) is 13.1 Å². The van der Waals surface area contributed by atoms with Crippen LogP contribution in [0.25, 0.3) is 0 Å². The van der Waals surface area contributed by atoms with E-state index >= 15 is 0 Å². The van der Waals surface area contributed by atoms with Crippen molar-refractivity contribution in [2.45, 2.75) is 26.2 Å². The number of amides is 2. The number of unbranched alkanes of at least 4 members (excludes halogenated alkanes) is 1. The molecule has 0 saturated carbocycles.